The first kappa shape index (κ1) is 17.5. The highest BCUT2D eigenvalue weighted by Crippen LogP contribution is 2.34. The minimum atomic E-state index is -0.566. The van der Waals surface area contributed by atoms with Crippen molar-refractivity contribution in [2.24, 2.45) is 0 Å². The van der Waals surface area contributed by atoms with E-state index in [0.717, 1.165) is 5.56 Å². The number of nitriles is 1. The molecule has 1 heterocycles. The molecule has 7 heteroatoms. The van der Waals surface area contributed by atoms with Crippen LogP contribution in [0.25, 0.3) is 0 Å². The van der Waals surface area contributed by atoms with Gasteiger partial charge in [0.25, 0.3) is 0 Å². The molecule has 128 valence electrons. The lowest BCUT2D eigenvalue weighted by Crippen LogP contribution is -2.19. The fraction of sp³-hybridized carbons (Fsp3) is 0.0526. The van der Waals surface area contributed by atoms with Crippen molar-refractivity contribution >= 4 is 29.2 Å². The van der Waals surface area contributed by atoms with Crippen LogP contribution in [0.5, 0.6) is 0 Å². The second kappa shape index (κ2) is 8.14. The van der Waals surface area contributed by atoms with E-state index in [0.29, 0.717) is 10.8 Å². The Kier molecular flexibility index (Phi) is 5.46. The van der Waals surface area contributed by atoms with Gasteiger partial charge >= 0.3 is 0 Å². The number of carbonyl (C=O) groups excluding carboxylic acids is 1. The second-order valence-corrected chi connectivity index (χ2v) is 6.40. The van der Waals surface area contributed by atoms with Gasteiger partial charge in [-0.15, -0.1) is 0 Å². The largest absolute Gasteiger partial charge is 0.382 e. The summed E-state index contributed by atoms with van der Waals surface area (Å²) in [5.41, 5.74) is 7.49. The molecule has 0 bridgehead atoms. The predicted molar refractivity (Wildman–Crippen MR) is 101 cm³/mol. The highest BCUT2D eigenvalue weighted by molar-refractivity contribution is 8.00. The van der Waals surface area contributed by atoms with Crippen LogP contribution in [0.4, 0.5) is 11.5 Å². The van der Waals surface area contributed by atoms with Gasteiger partial charge in [0.2, 0.25) is 5.91 Å². The summed E-state index contributed by atoms with van der Waals surface area (Å²) in [6.45, 7) is 0. The summed E-state index contributed by atoms with van der Waals surface area (Å²) in [5.74, 6) is -0.0980. The Balaban J connectivity index is 1.88. The maximum atomic E-state index is 12.9. The molecule has 26 heavy (non-hydrogen) atoms. The molecule has 0 aliphatic heterocycles. The van der Waals surface area contributed by atoms with Gasteiger partial charge in [0.05, 0.1) is 6.20 Å². The van der Waals surface area contributed by atoms with Gasteiger partial charge in [-0.25, -0.2) is 9.97 Å². The van der Waals surface area contributed by atoms with Gasteiger partial charge in [0.1, 0.15) is 22.7 Å². The maximum absolute atomic E-state index is 12.9. The van der Waals surface area contributed by atoms with E-state index in [1.807, 2.05) is 66.7 Å². The number of rotatable bonds is 5. The molecular formula is C19H15N5OS. The van der Waals surface area contributed by atoms with Crippen molar-refractivity contribution in [2.45, 2.75) is 10.4 Å². The standard InChI is InChI=1S/C19H15N5OS/c20-11-14-12-22-19(24-17(14)21)26-16(13-7-3-1-4-8-13)18(25)23-15-9-5-2-6-10-15/h1-10,12,16H,(H,23,25)(H2,21,22,24)/t16-/m1/s1. The van der Waals surface area contributed by atoms with E-state index in [9.17, 15) is 4.79 Å². The fourth-order valence-corrected chi connectivity index (χ4v) is 3.19. The molecule has 3 N–H and O–H groups in total. The van der Waals surface area contributed by atoms with Gasteiger partial charge in [-0.2, -0.15) is 5.26 Å². The van der Waals surface area contributed by atoms with Gasteiger partial charge in [-0.1, -0.05) is 60.3 Å². The minimum absolute atomic E-state index is 0.0975. The highest BCUT2D eigenvalue weighted by Gasteiger charge is 2.23. The van der Waals surface area contributed by atoms with Gasteiger partial charge in [-0.05, 0) is 17.7 Å². The van der Waals surface area contributed by atoms with Crippen LogP contribution >= 0.6 is 11.8 Å². The summed E-state index contributed by atoms with van der Waals surface area (Å²) in [5, 5.41) is 11.6. The van der Waals surface area contributed by atoms with Crippen LogP contribution < -0.4 is 11.1 Å². The Hall–Kier alpha value is -3.37. The van der Waals surface area contributed by atoms with Crippen molar-refractivity contribution in [3.05, 3.63) is 78.0 Å². The van der Waals surface area contributed by atoms with Crippen molar-refractivity contribution < 1.29 is 4.79 Å². The van der Waals surface area contributed by atoms with Crippen LogP contribution in [0.15, 0.2) is 72.0 Å². The molecule has 3 aromatic rings. The van der Waals surface area contributed by atoms with Gasteiger partial charge in [-0.3, -0.25) is 4.79 Å². The van der Waals surface area contributed by atoms with Crippen molar-refractivity contribution in [1.29, 1.82) is 5.26 Å². The van der Waals surface area contributed by atoms with Gasteiger partial charge in [0.15, 0.2) is 5.16 Å². The van der Waals surface area contributed by atoms with Crippen LogP contribution in [-0.2, 0) is 4.79 Å². The first-order valence-corrected chi connectivity index (χ1v) is 8.65. The zero-order valence-corrected chi connectivity index (χ0v) is 14.5. The van der Waals surface area contributed by atoms with Crippen LogP contribution in [0.2, 0.25) is 0 Å². The summed E-state index contributed by atoms with van der Waals surface area (Å²) in [6, 6.07) is 20.5. The van der Waals surface area contributed by atoms with Crippen molar-refractivity contribution in [3.63, 3.8) is 0 Å². The van der Waals surface area contributed by atoms with Crippen LogP contribution in [0.3, 0.4) is 0 Å². The number of aromatic nitrogens is 2. The van der Waals surface area contributed by atoms with E-state index in [1.54, 1.807) is 0 Å². The minimum Gasteiger partial charge on any atom is -0.382 e. The molecule has 2 aromatic carbocycles. The average Bonchev–Trinajstić information content (AvgIpc) is 2.67. The van der Waals surface area contributed by atoms with E-state index in [4.69, 9.17) is 11.0 Å². The Morgan fingerprint density at radius 3 is 2.38 bits per heavy atom. The molecule has 1 aromatic heterocycles. The lowest BCUT2D eigenvalue weighted by Gasteiger charge is -2.16. The molecule has 3 rings (SSSR count). The smallest absolute Gasteiger partial charge is 0.242 e. The summed E-state index contributed by atoms with van der Waals surface area (Å²) >= 11 is 1.18. The molecular weight excluding hydrogens is 346 g/mol. The number of benzene rings is 2. The van der Waals surface area contributed by atoms with Crippen LogP contribution in [0, 0.1) is 11.3 Å². The monoisotopic (exact) mass is 361 g/mol. The molecule has 0 aliphatic rings. The quantitative estimate of drug-likeness (QED) is 0.533. The molecule has 0 aliphatic carbocycles. The van der Waals surface area contributed by atoms with Crippen molar-refractivity contribution in [1.82, 2.24) is 9.97 Å². The number of nitrogens with two attached hydrogens (primary N) is 1. The number of hydrogen-bond donors (Lipinski definition) is 2. The number of nitrogen functional groups attached to an aromatic ring is 1. The third kappa shape index (κ3) is 4.18. The van der Waals surface area contributed by atoms with Crippen molar-refractivity contribution in [2.75, 3.05) is 11.1 Å². The number of nitrogens with one attached hydrogen (secondary N) is 1. The molecule has 1 amide bonds. The van der Waals surface area contributed by atoms with E-state index in [1.165, 1.54) is 18.0 Å². The summed E-state index contributed by atoms with van der Waals surface area (Å²) in [7, 11) is 0. The normalized spacial score (nSPS) is 11.3. The highest BCUT2D eigenvalue weighted by atomic mass is 32.2. The Morgan fingerprint density at radius 2 is 1.77 bits per heavy atom. The second-order valence-electron chi connectivity index (χ2n) is 5.33. The Morgan fingerprint density at radius 1 is 1.12 bits per heavy atom. The van der Waals surface area contributed by atoms with E-state index in [2.05, 4.69) is 15.3 Å². The lowest BCUT2D eigenvalue weighted by atomic mass is 10.1. The summed E-state index contributed by atoms with van der Waals surface area (Å²) in [6.07, 6.45) is 1.36. The van der Waals surface area contributed by atoms with E-state index in [-0.39, 0.29) is 17.3 Å². The molecule has 0 spiro atoms. The number of thioether (sulfide) groups is 1. The number of carbonyl (C=O) groups is 1. The van der Waals surface area contributed by atoms with Crippen LogP contribution in [-0.4, -0.2) is 15.9 Å². The zero-order chi connectivity index (χ0) is 18.4. The summed E-state index contributed by atoms with van der Waals surface area (Å²) < 4.78 is 0. The van der Waals surface area contributed by atoms with E-state index >= 15 is 0 Å². The molecule has 0 unspecified atom stereocenters. The number of amides is 1. The SMILES string of the molecule is N#Cc1cnc(S[C@@H](C(=O)Nc2ccccc2)c2ccccc2)nc1N. The first-order chi connectivity index (χ1) is 12.7. The predicted octanol–water partition coefficient (Wildman–Crippen LogP) is 3.40. The molecule has 1 atom stereocenters. The third-order valence-corrected chi connectivity index (χ3v) is 4.65. The Labute approximate surface area is 155 Å². The lowest BCUT2D eigenvalue weighted by molar-refractivity contribution is -0.115. The number of para-hydroxylation sites is 1. The number of anilines is 2. The molecule has 0 fully saturated rings. The summed E-state index contributed by atoms with van der Waals surface area (Å²) in [4.78, 5) is 21.1. The topological polar surface area (TPSA) is 105 Å². The maximum Gasteiger partial charge on any atom is 0.242 e. The molecule has 6 nitrogen and oxygen atoms in total. The number of nitrogens with zero attached hydrogens (tertiary/aromatic N) is 3. The molecule has 0 radical (unpaired) electrons. The average molecular weight is 361 g/mol. The van der Waals surface area contributed by atoms with Gasteiger partial charge < -0.3 is 11.1 Å². The zero-order valence-electron chi connectivity index (χ0n) is 13.7. The molecule has 0 saturated heterocycles. The van der Waals surface area contributed by atoms with Crippen LogP contribution in [0.1, 0.15) is 16.4 Å². The number of hydrogen-bond acceptors (Lipinski definition) is 6. The molecule has 0 saturated carbocycles. The first-order valence-electron chi connectivity index (χ1n) is 7.77. The van der Waals surface area contributed by atoms with Crippen molar-refractivity contribution in [3.8, 4) is 6.07 Å². The van der Waals surface area contributed by atoms with E-state index < -0.39 is 5.25 Å². The third-order valence-electron chi connectivity index (χ3n) is 3.52. The Bertz CT molecular complexity index is 941. The fourth-order valence-electron chi connectivity index (χ4n) is 2.26. The van der Waals surface area contributed by atoms with Gasteiger partial charge in [0, 0.05) is 5.69 Å².